The molecule has 2 aromatic rings. The van der Waals surface area contributed by atoms with E-state index in [9.17, 15) is 20.4 Å². The Hall–Kier alpha value is -3.10. The average Bonchev–Trinajstić information content (AvgIpc) is 3.16. The van der Waals surface area contributed by atoms with Gasteiger partial charge in [-0.05, 0) is 175 Å². The summed E-state index contributed by atoms with van der Waals surface area (Å²) in [5, 5.41) is 51.9. The highest BCUT2D eigenvalue weighted by atomic mass is 16.4. The predicted molar refractivity (Wildman–Crippen MR) is 288 cm³/mol. The van der Waals surface area contributed by atoms with Crippen LogP contribution in [0.25, 0.3) is 0 Å². The Balaban J connectivity index is 2.70. The molecule has 4 rings (SSSR count). The summed E-state index contributed by atoms with van der Waals surface area (Å²) in [4.78, 5) is 37.7. The third kappa shape index (κ3) is 9.92. The van der Waals surface area contributed by atoms with Crippen molar-refractivity contribution < 1.29 is 30.0 Å². The van der Waals surface area contributed by atoms with Gasteiger partial charge in [-0.2, -0.15) is 0 Å². The Labute approximate surface area is 421 Å². The Morgan fingerprint density at radius 1 is 0.493 bits per heavy atom. The second kappa shape index (κ2) is 18.7. The smallest absolute Gasteiger partial charge is 0.322 e. The number of carboxylic acids is 2. The summed E-state index contributed by atoms with van der Waals surface area (Å²) in [7, 11) is 4.32. The van der Waals surface area contributed by atoms with Crippen molar-refractivity contribution in [2.75, 3.05) is 14.1 Å². The summed E-state index contributed by atoms with van der Waals surface area (Å²) in [6.45, 7) is 47.2. The molecule has 0 aliphatic carbocycles. The van der Waals surface area contributed by atoms with Crippen molar-refractivity contribution >= 4 is 11.9 Å². The van der Waals surface area contributed by atoms with Gasteiger partial charge in [0.15, 0.2) is 5.41 Å². The minimum Gasteiger partial charge on any atom is -0.507 e. The second-order valence-electron chi connectivity index (χ2n) is 28.9. The van der Waals surface area contributed by atoms with Crippen LogP contribution in [0.15, 0.2) is 24.3 Å². The number of carbonyl (C=O) groups is 2. The molecule has 69 heavy (non-hydrogen) atoms. The molecule has 2 heterocycles. The van der Waals surface area contributed by atoms with Gasteiger partial charge in [0.1, 0.15) is 11.5 Å². The molecule has 2 fully saturated rings. The van der Waals surface area contributed by atoms with E-state index >= 15 is 9.59 Å². The molecule has 0 bridgehead atoms. The molecule has 0 radical (unpaired) electrons. The maximum atomic E-state index is 16.4. The third-order valence-corrected chi connectivity index (χ3v) is 18.3. The standard InChI is InChI=1S/C61H102N2O6/c1-25-27-29-59(41-35-55(15,16)62(23)56(17,18)36-41,39-31-43(51(3,4)5)47(64)44(32-39)52(6,7)8)61(49(66)67,50(68)69)60(30-28-26-2,42-37-57(19,20)63(24)58(21,22)38-42)40-33-45(53(9,10)11)48(65)46(34-40)54(12,13)14/h31-34,41-42,64-65H,25-30,35-38H2,1-24H3,(H,66,67)(H,68,69). The number of unbranched alkanes of at least 4 members (excludes halogenated alkanes) is 2. The van der Waals surface area contributed by atoms with E-state index in [1.165, 1.54) is 0 Å². The van der Waals surface area contributed by atoms with E-state index in [1.54, 1.807) is 0 Å². The average molecular weight is 959 g/mol. The molecule has 2 aromatic carbocycles. The summed E-state index contributed by atoms with van der Waals surface area (Å²) < 4.78 is 0. The predicted octanol–water partition coefficient (Wildman–Crippen LogP) is 14.8. The van der Waals surface area contributed by atoms with Gasteiger partial charge in [0.05, 0.1) is 0 Å². The van der Waals surface area contributed by atoms with Crippen molar-refractivity contribution in [1.82, 2.24) is 9.80 Å². The van der Waals surface area contributed by atoms with Gasteiger partial charge < -0.3 is 20.4 Å². The fraction of sp³-hybridized carbons (Fsp3) is 0.770. The minimum absolute atomic E-state index is 0.183. The van der Waals surface area contributed by atoms with Crippen LogP contribution in [-0.4, -0.2) is 78.4 Å². The number of hydrogen-bond donors (Lipinski definition) is 4. The molecule has 4 N–H and O–H groups in total. The van der Waals surface area contributed by atoms with Crippen molar-refractivity contribution in [3.8, 4) is 11.5 Å². The van der Waals surface area contributed by atoms with E-state index < -0.39 is 83.8 Å². The summed E-state index contributed by atoms with van der Waals surface area (Å²) in [6.07, 6.45) is 5.48. The largest absolute Gasteiger partial charge is 0.507 e. The van der Waals surface area contributed by atoms with E-state index in [4.69, 9.17) is 0 Å². The van der Waals surface area contributed by atoms with Gasteiger partial charge in [0, 0.05) is 33.0 Å². The molecule has 2 aliphatic rings. The van der Waals surface area contributed by atoms with E-state index in [1.807, 2.05) is 0 Å². The van der Waals surface area contributed by atoms with Crippen molar-refractivity contribution in [2.24, 2.45) is 17.3 Å². The minimum atomic E-state index is -2.51. The van der Waals surface area contributed by atoms with Gasteiger partial charge in [-0.15, -0.1) is 0 Å². The zero-order valence-electron chi connectivity index (χ0n) is 48.5. The summed E-state index contributed by atoms with van der Waals surface area (Å²) >= 11 is 0. The number of rotatable bonds is 14. The number of phenols is 2. The number of piperidine rings is 2. The van der Waals surface area contributed by atoms with Crippen LogP contribution in [0.2, 0.25) is 0 Å². The quantitative estimate of drug-likeness (QED) is 0.138. The van der Waals surface area contributed by atoms with E-state index in [-0.39, 0.29) is 11.5 Å². The van der Waals surface area contributed by atoms with Gasteiger partial charge in [0.2, 0.25) is 0 Å². The number of likely N-dealkylation sites (tertiary alicyclic amines) is 2. The first-order valence-corrected chi connectivity index (χ1v) is 26.6. The zero-order chi connectivity index (χ0) is 53.5. The Bertz CT molecular complexity index is 1940. The van der Waals surface area contributed by atoms with E-state index in [2.05, 4.69) is 200 Å². The Kier molecular flexibility index (Phi) is 15.9. The van der Waals surface area contributed by atoms with Gasteiger partial charge in [-0.1, -0.05) is 147 Å². The molecule has 0 spiro atoms. The van der Waals surface area contributed by atoms with Crippen LogP contribution < -0.4 is 0 Å². The molecule has 8 nitrogen and oxygen atoms in total. The first-order valence-electron chi connectivity index (χ1n) is 26.6. The van der Waals surface area contributed by atoms with Crippen molar-refractivity contribution in [1.29, 1.82) is 0 Å². The molecular formula is C61H102N2O6. The number of aromatic hydroxyl groups is 2. The summed E-state index contributed by atoms with van der Waals surface area (Å²) in [6, 6.07) is 8.24. The SMILES string of the molecule is CCCCC(c1cc(C(C)(C)C)c(O)c(C(C)(C)C)c1)(C1CC(C)(C)N(C)C(C)(C)C1)C(C(=O)O)(C(=O)O)C(CCCC)(c1cc(C(C)(C)C)c(O)c(C(C)(C)C)c1)C1CC(C)(C)N(C)C(C)(C)C1. The maximum Gasteiger partial charge on any atom is 0.322 e. The maximum absolute atomic E-state index is 16.4. The molecule has 2 saturated heterocycles. The molecule has 2 atom stereocenters. The van der Waals surface area contributed by atoms with Gasteiger partial charge >= 0.3 is 11.9 Å². The zero-order valence-corrected chi connectivity index (χ0v) is 48.5. The number of benzene rings is 2. The van der Waals surface area contributed by atoms with Crippen LogP contribution in [-0.2, 0) is 42.1 Å². The van der Waals surface area contributed by atoms with Gasteiger partial charge in [0.25, 0.3) is 0 Å². The van der Waals surface area contributed by atoms with Crippen LogP contribution in [0.3, 0.4) is 0 Å². The first kappa shape index (κ1) is 58.5. The highest BCUT2D eigenvalue weighted by molar-refractivity contribution is 6.03. The fourth-order valence-corrected chi connectivity index (χ4v) is 14.3. The third-order valence-electron chi connectivity index (χ3n) is 18.3. The highest BCUT2D eigenvalue weighted by Crippen LogP contribution is 2.70. The molecule has 0 aromatic heterocycles. The lowest BCUT2D eigenvalue weighted by Crippen LogP contribution is -2.74. The Morgan fingerprint density at radius 2 is 0.710 bits per heavy atom. The number of carboxylic acid groups (broad SMARTS) is 2. The van der Waals surface area contributed by atoms with Crippen LogP contribution in [0.5, 0.6) is 11.5 Å². The number of hydrogen-bond acceptors (Lipinski definition) is 6. The van der Waals surface area contributed by atoms with Gasteiger partial charge in [-0.3, -0.25) is 19.4 Å². The van der Waals surface area contributed by atoms with Crippen molar-refractivity contribution in [2.45, 2.75) is 271 Å². The molecule has 2 unspecified atom stereocenters. The fourth-order valence-electron chi connectivity index (χ4n) is 14.3. The first-order chi connectivity index (χ1) is 30.9. The number of phenolic OH excluding ortho intramolecular Hbond substituents is 2. The summed E-state index contributed by atoms with van der Waals surface area (Å²) in [5.41, 5.74) is -5.61. The van der Waals surface area contributed by atoms with Crippen molar-refractivity contribution in [3.05, 3.63) is 57.6 Å². The lowest BCUT2D eigenvalue weighted by atomic mass is 9.36. The Morgan fingerprint density at radius 3 is 0.884 bits per heavy atom. The molecule has 0 amide bonds. The molecule has 2 aliphatic heterocycles. The normalized spacial score (nSPS) is 21.7. The summed E-state index contributed by atoms with van der Waals surface area (Å²) in [5.74, 6) is -3.15. The van der Waals surface area contributed by atoms with Crippen LogP contribution in [0.4, 0.5) is 0 Å². The van der Waals surface area contributed by atoms with E-state index in [0.29, 0.717) is 84.7 Å². The second-order valence-corrected chi connectivity index (χ2v) is 28.9. The van der Waals surface area contributed by atoms with Gasteiger partial charge in [-0.25, -0.2) is 0 Å². The lowest BCUT2D eigenvalue weighted by Gasteiger charge is -2.67. The molecule has 8 heteroatoms. The number of aliphatic carboxylic acids is 2. The lowest BCUT2D eigenvalue weighted by molar-refractivity contribution is -0.199. The van der Waals surface area contributed by atoms with Crippen LogP contribution in [0, 0.1) is 17.3 Å². The van der Waals surface area contributed by atoms with Crippen molar-refractivity contribution in [3.63, 3.8) is 0 Å². The van der Waals surface area contributed by atoms with Crippen LogP contribution in [0.1, 0.15) is 250 Å². The monoisotopic (exact) mass is 959 g/mol. The molecule has 392 valence electrons. The molecular weight excluding hydrogens is 857 g/mol. The number of nitrogens with zero attached hydrogens (tertiary/aromatic N) is 2. The van der Waals surface area contributed by atoms with E-state index in [0.717, 1.165) is 12.8 Å². The van der Waals surface area contributed by atoms with Crippen LogP contribution >= 0.6 is 0 Å². The topological polar surface area (TPSA) is 122 Å². The highest BCUT2D eigenvalue weighted by Gasteiger charge is 2.78. The molecule has 0 saturated carbocycles.